The molecule has 0 aliphatic carbocycles. The highest BCUT2D eigenvalue weighted by Gasteiger charge is 2.49. The minimum absolute atomic E-state index is 0.0491. The first kappa shape index (κ1) is 29.9. The Kier molecular flexibility index (Phi) is 7.04. The molecule has 4 saturated heterocycles. The summed E-state index contributed by atoms with van der Waals surface area (Å²) in [5.74, 6) is 1.04. The van der Waals surface area contributed by atoms with Crippen LogP contribution in [0.2, 0.25) is 0 Å². The van der Waals surface area contributed by atoms with E-state index in [4.69, 9.17) is 16.1 Å². The minimum atomic E-state index is -0.955. The van der Waals surface area contributed by atoms with Crippen LogP contribution in [0.15, 0.2) is 42.9 Å². The zero-order valence-corrected chi connectivity index (χ0v) is 25.4. The number of rotatable bonds is 6. The number of aromatic nitrogens is 3. The van der Waals surface area contributed by atoms with E-state index in [0.29, 0.717) is 49.0 Å². The van der Waals surface area contributed by atoms with Gasteiger partial charge in [0.1, 0.15) is 41.4 Å². The van der Waals surface area contributed by atoms with Crippen molar-refractivity contribution >= 4 is 27.5 Å². The maximum atomic E-state index is 16.9. The van der Waals surface area contributed by atoms with Gasteiger partial charge in [0.05, 0.1) is 28.4 Å². The van der Waals surface area contributed by atoms with Gasteiger partial charge in [-0.3, -0.25) is 9.88 Å². The second-order valence-corrected chi connectivity index (χ2v) is 13.2. The van der Waals surface area contributed by atoms with Crippen LogP contribution in [0, 0.1) is 24.0 Å². The molecule has 2 aromatic carbocycles. The maximum Gasteiger partial charge on any atom is 0.319 e. The number of alkyl halides is 1. The highest BCUT2D eigenvalue weighted by atomic mass is 19.1. The largest absolute Gasteiger partial charge is 0.508 e. The van der Waals surface area contributed by atoms with Gasteiger partial charge in [0.15, 0.2) is 5.82 Å². The molecule has 4 atom stereocenters. The quantitative estimate of drug-likeness (QED) is 0.209. The molecule has 0 radical (unpaired) electrons. The molecule has 4 fully saturated rings. The van der Waals surface area contributed by atoms with Crippen molar-refractivity contribution in [2.24, 2.45) is 0 Å². The summed E-state index contributed by atoms with van der Waals surface area (Å²) in [5, 5.41) is 15.0. The van der Waals surface area contributed by atoms with E-state index in [-0.39, 0.29) is 52.1 Å². The Morgan fingerprint density at radius 1 is 1.19 bits per heavy atom. The van der Waals surface area contributed by atoms with Gasteiger partial charge in [-0.2, -0.15) is 9.97 Å². The number of phenolic OH excluding ortho intramolecular Hbond substituents is 1. The first-order valence-electron chi connectivity index (χ1n) is 15.8. The Morgan fingerprint density at radius 3 is 2.89 bits per heavy atom. The standard InChI is InChI=1S/C35H32F4N6O2/c1-2-24-27(38)5-4-20-12-23(46)13-25(28(20)24)30-29(39)31-26(15-40-30)32(44-17-22-6-8-34(18-44,43-22)9-10-36)42-33(41-31)47-19-35-7-3-11-45(35)16-21(37)14-35/h1,4-5,9-10,12-13,15,21-22,43,46H,3,6-8,11,14,16-19H2/b10-9-/t21-,22-,34-,35+/m1/s1. The Labute approximate surface area is 268 Å². The molecule has 4 aliphatic heterocycles. The Bertz CT molecular complexity index is 2000. The first-order valence-corrected chi connectivity index (χ1v) is 15.8. The van der Waals surface area contributed by atoms with E-state index >= 15 is 4.39 Å². The number of benzene rings is 2. The third-order valence-electron chi connectivity index (χ3n) is 10.4. The van der Waals surface area contributed by atoms with Crippen molar-refractivity contribution < 1.29 is 27.4 Å². The van der Waals surface area contributed by atoms with E-state index in [9.17, 15) is 18.3 Å². The van der Waals surface area contributed by atoms with E-state index in [2.05, 4.69) is 26.1 Å². The highest BCUT2D eigenvalue weighted by molar-refractivity contribution is 6.03. The fourth-order valence-corrected chi connectivity index (χ4v) is 8.30. The van der Waals surface area contributed by atoms with Crippen LogP contribution < -0.4 is 15.0 Å². The maximum absolute atomic E-state index is 16.9. The van der Waals surface area contributed by atoms with Crippen molar-refractivity contribution in [1.82, 2.24) is 25.2 Å². The van der Waals surface area contributed by atoms with Gasteiger partial charge in [-0.1, -0.05) is 12.0 Å². The van der Waals surface area contributed by atoms with Crippen LogP contribution in [-0.2, 0) is 0 Å². The summed E-state index contributed by atoms with van der Waals surface area (Å²) >= 11 is 0. The molecule has 242 valence electrons. The molecule has 8 rings (SSSR count). The highest BCUT2D eigenvalue weighted by Crippen LogP contribution is 2.42. The molecule has 6 heterocycles. The number of hydrogen-bond acceptors (Lipinski definition) is 8. The molecule has 8 nitrogen and oxygen atoms in total. The van der Waals surface area contributed by atoms with Crippen LogP contribution in [0.4, 0.5) is 23.4 Å². The molecular weight excluding hydrogens is 612 g/mol. The lowest BCUT2D eigenvalue weighted by atomic mass is 9.95. The third-order valence-corrected chi connectivity index (χ3v) is 10.4. The van der Waals surface area contributed by atoms with Crippen molar-refractivity contribution in [2.45, 2.75) is 55.4 Å². The van der Waals surface area contributed by atoms with Gasteiger partial charge in [0, 0.05) is 49.2 Å². The number of anilines is 1. The number of hydrogen-bond donors (Lipinski definition) is 2. The Balaban J connectivity index is 1.28. The monoisotopic (exact) mass is 644 g/mol. The molecule has 12 heteroatoms. The molecule has 4 aromatic rings. The molecule has 0 amide bonds. The zero-order chi connectivity index (χ0) is 32.5. The predicted molar refractivity (Wildman–Crippen MR) is 170 cm³/mol. The van der Waals surface area contributed by atoms with E-state index in [1.54, 1.807) is 0 Å². The van der Waals surface area contributed by atoms with Gasteiger partial charge in [0.25, 0.3) is 0 Å². The topological polar surface area (TPSA) is 86.6 Å². The third kappa shape index (κ3) is 4.86. The molecule has 2 bridgehead atoms. The summed E-state index contributed by atoms with van der Waals surface area (Å²) in [6, 6.07) is 5.33. The summed E-state index contributed by atoms with van der Waals surface area (Å²) in [4.78, 5) is 17.8. The second kappa shape index (κ2) is 11.1. The molecule has 2 N–H and O–H groups in total. The van der Waals surface area contributed by atoms with E-state index < -0.39 is 28.9 Å². The summed E-state index contributed by atoms with van der Waals surface area (Å²) in [7, 11) is 0. The Hall–Kier alpha value is -4.47. The fourth-order valence-electron chi connectivity index (χ4n) is 8.30. The molecule has 47 heavy (non-hydrogen) atoms. The predicted octanol–water partition coefficient (Wildman–Crippen LogP) is 5.56. The number of ether oxygens (including phenoxy) is 1. The minimum Gasteiger partial charge on any atom is -0.508 e. The number of fused-ring (bicyclic) bond motifs is 5. The van der Waals surface area contributed by atoms with Crippen LogP contribution in [0.5, 0.6) is 11.8 Å². The molecule has 2 aromatic heterocycles. The van der Waals surface area contributed by atoms with E-state index in [1.807, 2.05) is 4.90 Å². The molecule has 0 saturated carbocycles. The lowest BCUT2D eigenvalue weighted by Crippen LogP contribution is -2.59. The van der Waals surface area contributed by atoms with Crippen LogP contribution in [-0.4, -0.2) is 81.0 Å². The average molecular weight is 645 g/mol. The number of piperazine rings is 1. The average Bonchev–Trinajstić information content (AvgIpc) is 3.68. The lowest BCUT2D eigenvalue weighted by molar-refractivity contribution is 0.107. The van der Waals surface area contributed by atoms with Crippen LogP contribution in [0.25, 0.3) is 32.9 Å². The SMILES string of the molecule is C#Cc1c(F)ccc2cc(O)cc(-c3ncc4c(N5C[C@H]6CC[C@@](/C=C\F)(C5)N6)nc(OC[C@@]56CCCN5C[C@H](F)C6)nc4c3F)c12. The van der Waals surface area contributed by atoms with Gasteiger partial charge in [-0.25, -0.2) is 17.6 Å². The van der Waals surface area contributed by atoms with Crippen molar-refractivity contribution in [3.8, 4) is 35.4 Å². The van der Waals surface area contributed by atoms with Crippen molar-refractivity contribution in [1.29, 1.82) is 0 Å². The molecule has 0 unspecified atom stereocenters. The van der Waals surface area contributed by atoms with E-state index in [0.717, 1.165) is 32.2 Å². The normalized spacial score (nSPS) is 27.3. The van der Waals surface area contributed by atoms with E-state index in [1.165, 1.54) is 36.5 Å². The molecule has 0 spiro atoms. The van der Waals surface area contributed by atoms with Crippen LogP contribution >= 0.6 is 0 Å². The smallest absolute Gasteiger partial charge is 0.319 e. The number of halogens is 4. The van der Waals surface area contributed by atoms with Gasteiger partial charge in [0.2, 0.25) is 0 Å². The number of pyridine rings is 1. The number of terminal acetylenes is 1. The first-order chi connectivity index (χ1) is 22.7. The lowest BCUT2D eigenvalue weighted by Gasteiger charge is -2.40. The van der Waals surface area contributed by atoms with Gasteiger partial charge >= 0.3 is 6.01 Å². The fraction of sp³-hybridized carbons (Fsp3) is 0.400. The van der Waals surface area contributed by atoms with Gasteiger partial charge in [-0.15, -0.1) is 6.42 Å². The number of phenols is 1. The van der Waals surface area contributed by atoms with Crippen molar-refractivity contribution in [2.75, 3.05) is 37.7 Å². The van der Waals surface area contributed by atoms with Crippen molar-refractivity contribution in [3.05, 3.63) is 60.1 Å². The van der Waals surface area contributed by atoms with Crippen LogP contribution in [0.1, 0.15) is 37.7 Å². The number of nitrogens with one attached hydrogen (secondary N) is 1. The van der Waals surface area contributed by atoms with Crippen molar-refractivity contribution in [3.63, 3.8) is 0 Å². The summed E-state index contributed by atoms with van der Waals surface area (Å²) in [6.07, 6.45) is 11.8. The summed E-state index contributed by atoms with van der Waals surface area (Å²) in [5.41, 5.74) is -1.38. The summed E-state index contributed by atoms with van der Waals surface area (Å²) in [6.45, 7) is 2.16. The number of aromatic hydroxyl groups is 1. The second-order valence-electron chi connectivity index (χ2n) is 13.2. The summed E-state index contributed by atoms with van der Waals surface area (Å²) < 4.78 is 65.9. The zero-order valence-electron chi connectivity index (χ0n) is 25.4. The Morgan fingerprint density at radius 2 is 2.06 bits per heavy atom. The molecular formula is C35H32F4N6O2. The molecule has 4 aliphatic rings. The van der Waals surface area contributed by atoms with Crippen LogP contribution in [0.3, 0.4) is 0 Å². The van der Waals surface area contributed by atoms with Gasteiger partial charge < -0.3 is 20.1 Å². The number of nitrogens with zero attached hydrogens (tertiary/aromatic N) is 5. The van der Waals surface area contributed by atoms with Gasteiger partial charge in [-0.05, 0) is 61.9 Å².